The molecule has 0 amide bonds. The molecule has 3 rings (SSSR count). The minimum Gasteiger partial charge on any atom is -0.454 e. The van der Waals surface area contributed by atoms with Crippen molar-refractivity contribution in [1.82, 2.24) is 0 Å². The van der Waals surface area contributed by atoms with Crippen LogP contribution in [-0.4, -0.2) is 11.9 Å². The van der Waals surface area contributed by atoms with Crippen LogP contribution in [0.15, 0.2) is 36.4 Å². The van der Waals surface area contributed by atoms with Gasteiger partial charge in [0.1, 0.15) is 11.9 Å². The summed E-state index contributed by atoms with van der Waals surface area (Å²) >= 11 is 0. The van der Waals surface area contributed by atoms with Gasteiger partial charge >= 0.3 is 0 Å². The highest BCUT2D eigenvalue weighted by molar-refractivity contribution is 5.46. The Kier molecular flexibility index (Phi) is 2.87. The molecule has 2 aromatic carbocycles. The van der Waals surface area contributed by atoms with Gasteiger partial charge in [-0.15, -0.1) is 0 Å². The van der Waals surface area contributed by atoms with E-state index in [1.807, 2.05) is 0 Å². The molecule has 0 aliphatic carbocycles. The van der Waals surface area contributed by atoms with E-state index in [2.05, 4.69) is 0 Å². The maximum atomic E-state index is 13.2. The summed E-state index contributed by atoms with van der Waals surface area (Å²) in [6, 6.07) is 9.86. The van der Waals surface area contributed by atoms with Crippen LogP contribution in [0.25, 0.3) is 0 Å². The highest BCUT2D eigenvalue weighted by atomic mass is 19.1. The van der Waals surface area contributed by atoms with Crippen LogP contribution in [0.5, 0.6) is 11.5 Å². The van der Waals surface area contributed by atoms with Crippen molar-refractivity contribution in [3.63, 3.8) is 0 Å². The third kappa shape index (κ3) is 2.15. The van der Waals surface area contributed by atoms with Gasteiger partial charge in [-0.2, -0.15) is 0 Å². The molecule has 0 saturated carbocycles. The fourth-order valence-electron chi connectivity index (χ4n) is 2.11. The van der Waals surface area contributed by atoms with Gasteiger partial charge in [-0.3, -0.25) is 0 Å². The lowest BCUT2D eigenvalue weighted by Gasteiger charge is -2.13. The van der Waals surface area contributed by atoms with Crippen molar-refractivity contribution in [2.75, 3.05) is 6.79 Å². The number of rotatable bonds is 2. The Bertz CT molecular complexity index is 625. The zero-order valence-electron chi connectivity index (χ0n) is 10.4. The Labute approximate surface area is 110 Å². The molecule has 0 radical (unpaired) electrons. The zero-order chi connectivity index (χ0) is 13.4. The summed E-state index contributed by atoms with van der Waals surface area (Å²) in [5, 5.41) is 10.3. The molecular weight excluding hydrogens is 247 g/mol. The Hall–Kier alpha value is -2.07. The Balaban J connectivity index is 1.94. The Morgan fingerprint density at radius 3 is 2.53 bits per heavy atom. The number of ether oxygens (including phenoxy) is 2. The molecular formula is C15H13FO3. The van der Waals surface area contributed by atoms with Crippen LogP contribution in [0.3, 0.4) is 0 Å². The van der Waals surface area contributed by atoms with Crippen LogP contribution >= 0.6 is 0 Å². The number of aliphatic hydroxyl groups is 1. The molecule has 1 N–H and O–H groups in total. The normalized spacial score (nSPS) is 14.5. The first kappa shape index (κ1) is 12.0. The van der Waals surface area contributed by atoms with Gasteiger partial charge in [-0.25, -0.2) is 4.39 Å². The SMILES string of the molecule is Cc1cc(C(O)c2ccc3c(c2)OCO3)ccc1F. The van der Waals surface area contributed by atoms with Crippen molar-refractivity contribution in [2.45, 2.75) is 13.0 Å². The summed E-state index contributed by atoms with van der Waals surface area (Å²) in [7, 11) is 0. The topological polar surface area (TPSA) is 38.7 Å². The molecule has 1 unspecified atom stereocenters. The second-order valence-electron chi connectivity index (χ2n) is 4.52. The molecule has 0 fully saturated rings. The molecule has 0 aromatic heterocycles. The molecule has 0 saturated heterocycles. The van der Waals surface area contributed by atoms with Crippen LogP contribution in [0.4, 0.5) is 4.39 Å². The molecule has 0 bridgehead atoms. The third-order valence-corrected chi connectivity index (χ3v) is 3.21. The van der Waals surface area contributed by atoms with Gasteiger partial charge in [-0.05, 0) is 41.8 Å². The smallest absolute Gasteiger partial charge is 0.231 e. The van der Waals surface area contributed by atoms with Crippen LogP contribution in [0.1, 0.15) is 22.8 Å². The molecule has 1 aliphatic rings. The molecule has 4 heteroatoms. The monoisotopic (exact) mass is 260 g/mol. The first-order valence-electron chi connectivity index (χ1n) is 5.99. The summed E-state index contributed by atoms with van der Waals surface area (Å²) in [5.74, 6) is 1.02. The number of benzene rings is 2. The number of fused-ring (bicyclic) bond motifs is 1. The van der Waals surface area contributed by atoms with Crippen LogP contribution in [-0.2, 0) is 0 Å². The van der Waals surface area contributed by atoms with Crippen LogP contribution in [0.2, 0.25) is 0 Å². The predicted molar refractivity (Wildman–Crippen MR) is 67.8 cm³/mol. The van der Waals surface area contributed by atoms with Gasteiger partial charge in [0, 0.05) is 0 Å². The molecule has 3 nitrogen and oxygen atoms in total. The van der Waals surface area contributed by atoms with Crippen molar-refractivity contribution in [3.8, 4) is 11.5 Å². The van der Waals surface area contributed by atoms with Gasteiger partial charge < -0.3 is 14.6 Å². The minimum absolute atomic E-state index is 0.199. The van der Waals surface area contributed by atoms with Crippen molar-refractivity contribution in [2.24, 2.45) is 0 Å². The van der Waals surface area contributed by atoms with E-state index >= 15 is 0 Å². The summed E-state index contributed by atoms with van der Waals surface area (Å²) in [6.07, 6.45) is -0.811. The van der Waals surface area contributed by atoms with E-state index in [1.54, 1.807) is 37.3 Å². The zero-order valence-corrected chi connectivity index (χ0v) is 10.4. The Morgan fingerprint density at radius 1 is 1.05 bits per heavy atom. The number of halogens is 1. The lowest BCUT2D eigenvalue weighted by molar-refractivity contribution is 0.173. The summed E-state index contributed by atoms with van der Waals surface area (Å²) < 4.78 is 23.7. The molecule has 2 aromatic rings. The van der Waals surface area contributed by atoms with E-state index in [0.29, 0.717) is 28.2 Å². The fourth-order valence-corrected chi connectivity index (χ4v) is 2.11. The van der Waals surface area contributed by atoms with Crippen LogP contribution < -0.4 is 9.47 Å². The standard InChI is InChI=1S/C15H13FO3/c1-9-6-10(2-4-12(9)16)15(17)11-3-5-13-14(7-11)19-8-18-13/h2-7,15,17H,8H2,1H3. The van der Waals surface area contributed by atoms with E-state index < -0.39 is 6.10 Å². The quantitative estimate of drug-likeness (QED) is 0.902. The number of aryl methyl sites for hydroxylation is 1. The van der Waals surface area contributed by atoms with E-state index in [0.717, 1.165) is 0 Å². The molecule has 19 heavy (non-hydrogen) atoms. The first-order chi connectivity index (χ1) is 9.15. The second-order valence-corrected chi connectivity index (χ2v) is 4.52. The molecule has 1 aliphatic heterocycles. The first-order valence-corrected chi connectivity index (χ1v) is 5.99. The number of hydrogen-bond donors (Lipinski definition) is 1. The number of aliphatic hydroxyl groups excluding tert-OH is 1. The fraction of sp³-hybridized carbons (Fsp3) is 0.200. The van der Waals surface area contributed by atoms with E-state index in [-0.39, 0.29) is 12.6 Å². The average Bonchev–Trinajstić information content (AvgIpc) is 2.88. The van der Waals surface area contributed by atoms with Gasteiger partial charge in [0.25, 0.3) is 0 Å². The molecule has 1 atom stereocenters. The molecule has 0 spiro atoms. The average molecular weight is 260 g/mol. The van der Waals surface area contributed by atoms with Gasteiger partial charge in [0.2, 0.25) is 6.79 Å². The highest BCUT2D eigenvalue weighted by Gasteiger charge is 2.18. The Morgan fingerprint density at radius 2 is 1.74 bits per heavy atom. The van der Waals surface area contributed by atoms with Crippen molar-refractivity contribution < 1.29 is 19.0 Å². The largest absolute Gasteiger partial charge is 0.454 e. The van der Waals surface area contributed by atoms with Crippen LogP contribution in [0, 0.1) is 12.7 Å². The number of hydrogen-bond acceptors (Lipinski definition) is 3. The van der Waals surface area contributed by atoms with E-state index in [1.165, 1.54) is 6.07 Å². The summed E-state index contributed by atoms with van der Waals surface area (Å²) in [4.78, 5) is 0. The lowest BCUT2D eigenvalue weighted by Crippen LogP contribution is -2.00. The van der Waals surface area contributed by atoms with Crippen molar-refractivity contribution in [1.29, 1.82) is 0 Å². The van der Waals surface area contributed by atoms with E-state index in [4.69, 9.17) is 9.47 Å². The maximum absolute atomic E-state index is 13.2. The highest BCUT2D eigenvalue weighted by Crippen LogP contribution is 2.35. The lowest BCUT2D eigenvalue weighted by atomic mass is 9.99. The predicted octanol–water partition coefficient (Wildman–Crippen LogP) is 2.94. The summed E-state index contributed by atoms with van der Waals surface area (Å²) in [6.45, 7) is 1.87. The molecule has 98 valence electrons. The molecule has 1 heterocycles. The van der Waals surface area contributed by atoms with Gasteiger partial charge in [-0.1, -0.05) is 18.2 Å². The van der Waals surface area contributed by atoms with Crippen molar-refractivity contribution >= 4 is 0 Å². The van der Waals surface area contributed by atoms with E-state index in [9.17, 15) is 9.50 Å². The van der Waals surface area contributed by atoms with Gasteiger partial charge in [0.15, 0.2) is 11.5 Å². The minimum atomic E-state index is -0.811. The van der Waals surface area contributed by atoms with Gasteiger partial charge in [0.05, 0.1) is 0 Å². The second kappa shape index (κ2) is 4.55. The van der Waals surface area contributed by atoms with Crippen molar-refractivity contribution in [3.05, 3.63) is 58.9 Å². The summed E-state index contributed by atoms with van der Waals surface area (Å²) in [5.41, 5.74) is 1.85. The maximum Gasteiger partial charge on any atom is 0.231 e. The third-order valence-electron chi connectivity index (χ3n) is 3.21.